The smallest absolute Gasteiger partial charge is 0.263 e. The van der Waals surface area contributed by atoms with E-state index in [-0.39, 0.29) is 12.1 Å². The van der Waals surface area contributed by atoms with Gasteiger partial charge in [-0.2, -0.15) is 0 Å². The fraction of sp³-hybridized carbons (Fsp3) is 0.182. The van der Waals surface area contributed by atoms with Crippen molar-refractivity contribution in [1.29, 1.82) is 0 Å². The van der Waals surface area contributed by atoms with Gasteiger partial charge in [-0.1, -0.05) is 12.1 Å². The van der Waals surface area contributed by atoms with Crippen LogP contribution in [0.4, 0.5) is 5.69 Å². The second-order valence-corrected chi connectivity index (χ2v) is 6.23. The number of hydrogen-bond acceptors (Lipinski definition) is 5. The quantitative estimate of drug-likeness (QED) is 0.666. The van der Waals surface area contributed by atoms with Crippen LogP contribution in [-0.4, -0.2) is 31.8 Å². The van der Waals surface area contributed by atoms with Crippen LogP contribution in [0.25, 0.3) is 0 Å². The number of pyridine rings is 1. The van der Waals surface area contributed by atoms with Crippen LogP contribution in [0.1, 0.15) is 15.9 Å². The summed E-state index contributed by atoms with van der Waals surface area (Å²) in [6, 6.07) is 15.6. The molecule has 7 heteroatoms. The second kappa shape index (κ2) is 8.97. The summed E-state index contributed by atoms with van der Waals surface area (Å²) < 4.78 is 17.2. The Morgan fingerprint density at radius 3 is 2.28 bits per heavy atom. The Morgan fingerprint density at radius 2 is 1.62 bits per heavy atom. The van der Waals surface area contributed by atoms with Gasteiger partial charge in [-0.05, 0) is 42.0 Å². The number of aromatic nitrogens is 1. The Morgan fingerprint density at radius 1 is 0.931 bits per heavy atom. The molecule has 0 saturated heterocycles. The summed E-state index contributed by atoms with van der Waals surface area (Å²) in [6.07, 6.45) is 1.63. The monoisotopic (exact) mass is 394 g/mol. The Hall–Kier alpha value is -3.74. The zero-order valence-corrected chi connectivity index (χ0v) is 16.5. The first-order valence-corrected chi connectivity index (χ1v) is 8.91. The average molecular weight is 394 g/mol. The van der Waals surface area contributed by atoms with E-state index in [2.05, 4.69) is 5.32 Å². The minimum Gasteiger partial charge on any atom is -0.497 e. The number of carbonyl (C=O) groups is 1. The van der Waals surface area contributed by atoms with E-state index >= 15 is 0 Å². The molecule has 2 aromatic carbocycles. The van der Waals surface area contributed by atoms with Gasteiger partial charge in [0.1, 0.15) is 22.8 Å². The SMILES string of the molecule is COc1cc(Cn2cccc(C(=O)Nc3ccccc3OC)c2=O)cc(OC)c1. The number of rotatable bonds is 7. The Balaban J connectivity index is 1.88. The maximum absolute atomic E-state index is 12.9. The second-order valence-electron chi connectivity index (χ2n) is 6.23. The van der Waals surface area contributed by atoms with Crippen molar-refractivity contribution >= 4 is 11.6 Å². The van der Waals surface area contributed by atoms with E-state index in [1.54, 1.807) is 56.8 Å². The van der Waals surface area contributed by atoms with Crippen molar-refractivity contribution in [2.75, 3.05) is 26.6 Å². The molecule has 7 nitrogen and oxygen atoms in total. The number of carbonyl (C=O) groups excluding carboxylic acids is 1. The summed E-state index contributed by atoms with van der Waals surface area (Å²) in [6.45, 7) is 0.266. The number of benzene rings is 2. The number of anilines is 1. The van der Waals surface area contributed by atoms with Crippen molar-refractivity contribution in [2.24, 2.45) is 0 Å². The number of methoxy groups -OCH3 is 3. The van der Waals surface area contributed by atoms with Gasteiger partial charge in [0.15, 0.2) is 0 Å². The first kappa shape index (κ1) is 20.0. The van der Waals surface area contributed by atoms with Gasteiger partial charge in [-0.3, -0.25) is 9.59 Å². The van der Waals surface area contributed by atoms with Gasteiger partial charge in [-0.25, -0.2) is 0 Å². The number of nitrogens with zero attached hydrogens (tertiary/aromatic N) is 1. The molecule has 29 heavy (non-hydrogen) atoms. The summed E-state index contributed by atoms with van der Waals surface area (Å²) in [4.78, 5) is 25.6. The zero-order valence-electron chi connectivity index (χ0n) is 16.5. The molecule has 150 valence electrons. The van der Waals surface area contributed by atoms with E-state index in [1.807, 2.05) is 12.1 Å². The van der Waals surface area contributed by atoms with Gasteiger partial charge in [0.25, 0.3) is 11.5 Å². The van der Waals surface area contributed by atoms with Crippen LogP contribution in [0.2, 0.25) is 0 Å². The summed E-state index contributed by atoms with van der Waals surface area (Å²) >= 11 is 0. The summed E-state index contributed by atoms with van der Waals surface area (Å²) in [5, 5.41) is 2.73. The number of amides is 1. The minimum atomic E-state index is -0.503. The number of hydrogen-bond donors (Lipinski definition) is 1. The fourth-order valence-electron chi connectivity index (χ4n) is 2.93. The van der Waals surface area contributed by atoms with Crippen LogP contribution in [0.15, 0.2) is 65.6 Å². The van der Waals surface area contributed by atoms with Crippen LogP contribution < -0.4 is 25.1 Å². The third-order valence-electron chi connectivity index (χ3n) is 4.38. The van der Waals surface area contributed by atoms with E-state index in [9.17, 15) is 9.59 Å². The molecule has 0 aliphatic rings. The lowest BCUT2D eigenvalue weighted by Gasteiger charge is -2.12. The van der Waals surface area contributed by atoms with E-state index in [4.69, 9.17) is 14.2 Å². The van der Waals surface area contributed by atoms with Gasteiger partial charge < -0.3 is 24.1 Å². The van der Waals surface area contributed by atoms with Crippen LogP contribution in [0.3, 0.4) is 0 Å². The molecular weight excluding hydrogens is 372 g/mol. The molecule has 1 N–H and O–H groups in total. The molecule has 0 aliphatic carbocycles. The molecule has 1 aromatic heterocycles. The molecule has 0 unspecified atom stereocenters. The molecule has 0 spiro atoms. The van der Waals surface area contributed by atoms with Crippen LogP contribution >= 0.6 is 0 Å². The lowest BCUT2D eigenvalue weighted by Crippen LogP contribution is -2.29. The Kier molecular flexibility index (Phi) is 6.19. The summed E-state index contributed by atoms with van der Waals surface area (Å²) in [5.41, 5.74) is 0.938. The topological polar surface area (TPSA) is 78.8 Å². The summed E-state index contributed by atoms with van der Waals surface area (Å²) in [5.74, 6) is 1.26. The molecule has 3 rings (SSSR count). The van der Waals surface area contributed by atoms with Crippen LogP contribution in [0.5, 0.6) is 17.2 Å². The molecule has 1 amide bonds. The standard InChI is InChI=1S/C22H22N2O5/c1-27-16-11-15(12-17(13-16)28-2)14-24-10-6-7-18(22(24)26)21(25)23-19-8-4-5-9-20(19)29-3/h4-13H,14H2,1-3H3,(H,23,25). The largest absolute Gasteiger partial charge is 0.497 e. The van der Waals surface area contributed by atoms with E-state index in [0.29, 0.717) is 22.9 Å². The first-order valence-electron chi connectivity index (χ1n) is 8.91. The highest BCUT2D eigenvalue weighted by molar-refractivity contribution is 6.04. The van der Waals surface area contributed by atoms with Crippen molar-refractivity contribution in [3.63, 3.8) is 0 Å². The van der Waals surface area contributed by atoms with Gasteiger partial charge in [-0.15, -0.1) is 0 Å². The number of para-hydroxylation sites is 2. The van der Waals surface area contributed by atoms with Crippen LogP contribution in [-0.2, 0) is 6.54 Å². The van der Waals surface area contributed by atoms with E-state index in [0.717, 1.165) is 5.56 Å². The minimum absolute atomic E-state index is 0.0354. The predicted octanol–water partition coefficient (Wildman–Crippen LogP) is 3.17. The van der Waals surface area contributed by atoms with Gasteiger partial charge in [0.05, 0.1) is 33.6 Å². The third kappa shape index (κ3) is 4.57. The molecular formula is C22H22N2O5. The normalized spacial score (nSPS) is 10.3. The molecule has 1 heterocycles. The maximum Gasteiger partial charge on any atom is 0.263 e. The van der Waals surface area contributed by atoms with Gasteiger partial charge >= 0.3 is 0 Å². The van der Waals surface area contributed by atoms with Gasteiger partial charge in [0.2, 0.25) is 0 Å². The van der Waals surface area contributed by atoms with Crippen LogP contribution in [0, 0.1) is 0 Å². The van der Waals surface area contributed by atoms with E-state index < -0.39 is 11.5 Å². The Labute approximate surface area is 168 Å². The predicted molar refractivity (Wildman–Crippen MR) is 110 cm³/mol. The van der Waals surface area contributed by atoms with E-state index in [1.165, 1.54) is 17.7 Å². The van der Waals surface area contributed by atoms with Crippen molar-refractivity contribution < 1.29 is 19.0 Å². The van der Waals surface area contributed by atoms with Crippen molar-refractivity contribution in [3.8, 4) is 17.2 Å². The number of ether oxygens (including phenoxy) is 3. The lowest BCUT2D eigenvalue weighted by molar-refractivity contribution is 0.102. The maximum atomic E-state index is 12.9. The molecule has 0 bridgehead atoms. The highest BCUT2D eigenvalue weighted by atomic mass is 16.5. The lowest BCUT2D eigenvalue weighted by atomic mass is 10.2. The molecule has 0 saturated carbocycles. The molecule has 0 radical (unpaired) electrons. The molecule has 0 aliphatic heterocycles. The third-order valence-corrected chi connectivity index (χ3v) is 4.38. The summed E-state index contributed by atoms with van der Waals surface area (Å²) in [7, 11) is 4.64. The first-order chi connectivity index (χ1) is 14.0. The van der Waals surface area contributed by atoms with Crippen molar-refractivity contribution in [1.82, 2.24) is 4.57 Å². The number of nitrogens with one attached hydrogen (secondary N) is 1. The molecule has 3 aromatic rings. The van der Waals surface area contributed by atoms with Crippen molar-refractivity contribution in [3.05, 3.63) is 82.3 Å². The highest BCUT2D eigenvalue weighted by Gasteiger charge is 2.15. The zero-order chi connectivity index (χ0) is 20.8. The highest BCUT2D eigenvalue weighted by Crippen LogP contribution is 2.24. The van der Waals surface area contributed by atoms with Crippen molar-refractivity contribution in [2.45, 2.75) is 6.54 Å². The molecule has 0 fully saturated rings. The molecule has 0 atom stereocenters. The van der Waals surface area contributed by atoms with Gasteiger partial charge in [0, 0.05) is 12.3 Å². The Bertz CT molecular complexity index is 1050. The average Bonchev–Trinajstić information content (AvgIpc) is 2.75. The fourth-order valence-corrected chi connectivity index (χ4v) is 2.93.